The maximum atomic E-state index is 11.8. The van der Waals surface area contributed by atoms with Gasteiger partial charge in [-0.05, 0) is 49.1 Å². The summed E-state index contributed by atoms with van der Waals surface area (Å²) < 4.78 is 0. The fourth-order valence-corrected chi connectivity index (χ4v) is 2.37. The number of unbranched alkanes of at least 4 members (excludes halogenated alkanes) is 2. The highest BCUT2D eigenvalue weighted by atomic mass is 16.1. The van der Waals surface area contributed by atoms with Gasteiger partial charge in [0, 0.05) is 17.8 Å². The highest BCUT2D eigenvalue weighted by Crippen LogP contribution is 2.13. The van der Waals surface area contributed by atoms with Gasteiger partial charge in [0.15, 0.2) is 0 Å². The SMILES string of the molecule is O=CNc1ccc(CCCCCC(=O)Nc2ccccc2)cc1. The largest absolute Gasteiger partial charge is 0.329 e. The first-order chi connectivity index (χ1) is 11.3. The van der Waals surface area contributed by atoms with E-state index in [1.807, 2.05) is 54.6 Å². The second-order valence-electron chi connectivity index (χ2n) is 5.43. The number of para-hydroxylation sites is 1. The number of hydrogen-bond donors (Lipinski definition) is 2. The Balaban J connectivity index is 1.60. The molecule has 0 spiro atoms. The van der Waals surface area contributed by atoms with E-state index in [-0.39, 0.29) is 5.91 Å². The monoisotopic (exact) mass is 310 g/mol. The molecule has 0 radical (unpaired) electrons. The number of anilines is 2. The summed E-state index contributed by atoms with van der Waals surface area (Å²) in [7, 11) is 0. The Kier molecular flexibility index (Phi) is 6.85. The molecule has 0 aliphatic heterocycles. The van der Waals surface area contributed by atoms with Crippen LogP contribution in [0.15, 0.2) is 54.6 Å². The van der Waals surface area contributed by atoms with Crippen molar-refractivity contribution in [2.75, 3.05) is 10.6 Å². The molecule has 0 aliphatic rings. The van der Waals surface area contributed by atoms with Gasteiger partial charge in [0.1, 0.15) is 0 Å². The number of nitrogens with one attached hydrogen (secondary N) is 2. The maximum absolute atomic E-state index is 11.8. The third-order valence-electron chi connectivity index (χ3n) is 3.61. The highest BCUT2D eigenvalue weighted by Gasteiger charge is 2.02. The highest BCUT2D eigenvalue weighted by molar-refractivity contribution is 5.90. The average Bonchev–Trinajstić information content (AvgIpc) is 2.57. The van der Waals surface area contributed by atoms with E-state index in [2.05, 4.69) is 10.6 Å². The molecule has 4 heteroatoms. The maximum Gasteiger partial charge on any atom is 0.224 e. The lowest BCUT2D eigenvalue weighted by molar-refractivity contribution is -0.116. The fraction of sp³-hybridized carbons (Fsp3) is 0.263. The van der Waals surface area contributed by atoms with E-state index in [0.29, 0.717) is 12.8 Å². The summed E-state index contributed by atoms with van der Waals surface area (Å²) in [6, 6.07) is 17.4. The molecule has 0 unspecified atom stereocenters. The van der Waals surface area contributed by atoms with Gasteiger partial charge in [0.05, 0.1) is 0 Å². The zero-order valence-corrected chi connectivity index (χ0v) is 13.1. The molecule has 0 atom stereocenters. The molecule has 0 saturated carbocycles. The molecule has 0 saturated heterocycles. The van der Waals surface area contributed by atoms with Crippen LogP contribution in [0.2, 0.25) is 0 Å². The van der Waals surface area contributed by atoms with Gasteiger partial charge in [-0.3, -0.25) is 9.59 Å². The lowest BCUT2D eigenvalue weighted by atomic mass is 10.1. The fourth-order valence-electron chi connectivity index (χ4n) is 2.37. The van der Waals surface area contributed by atoms with Gasteiger partial charge >= 0.3 is 0 Å². The minimum atomic E-state index is 0.0699. The molecule has 2 amide bonds. The Hall–Kier alpha value is -2.62. The van der Waals surface area contributed by atoms with Gasteiger partial charge in [-0.1, -0.05) is 36.8 Å². The van der Waals surface area contributed by atoms with Crippen molar-refractivity contribution in [1.82, 2.24) is 0 Å². The predicted octanol–water partition coefficient (Wildman–Crippen LogP) is 4.00. The molecule has 0 fully saturated rings. The molecule has 2 aromatic rings. The Morgan fingerprint density at radius 2 is 1.61 bits per heavy atom. The number of amides is 2. The molecule has 120 valence electrons. The molecule has 23 heavy (non-hydrogen) atoms. The average molecular weight is 310 g/mol. The van der Waals surface area contributed by atoms with E-state index in [0.717, 1.165) is 37.1 Å². The van der Waals surface area contributed by atoms with E-state index in [1.165, 1.54) is 5.56 Å². The lowest BCUT2D eigenvalue weighted by Gasteiger charge is -2.05. The van der Waals surface area contributed by atoms with Crippen molar-refractivity contribution < 1.29 is 9.59 Å². The van der Waals surface area contributed by atoms with Crippen LogP contribution in [0.5, 0.6) is 0 Å². The van der Waals surface area contributed by atoms with Crippen LogP contribution in [0.4, 0.5) is 11.4 Å². The molecule has 0 bridgehead atoms. The van der Waals surface area contributed by atoms with Crippen molar-refractivity contribution in [3.63, 3.8) is 0 Å². The van der Waals surface area contributed by atoms with Gasteiger partial charge in [-0.25, -0.2) is 0 Å². The van der Waals surface area contributed by atoms with Crippen molar-refractivity contribution in [1.29, 1.82) is 0 Å². The third-order valence-corrected chi connectivity index (χ3v) is 3.61. The standard InChI is InChI=1S/C19H22N2O2/c22-15-20-17-13-11-16(12-14-17)7-3-1-6-10-19(23)21-18-8-4-2-5-9-18/h2,4-5,8-9,11-15H,1,3,6-7,10H2,(H,20,22)(H,21,23). The number of benzene rings is 2. The first-order valence-corrected chi connectivity index (χ1v) is 7.92. The topological polar surface area (TPSA) is 58.2 Å². The zero-order chi connectivity index (χ0) is 16.3. The first-order valence-electron chi connectivity index (χ1n) is 7.92. The predicted molar refractivity (Wildman–Crippen MR) is 93.4 cm³/mol. The molecule has 0 aromatic heterocycles. The Morgan fingerprint density at radius 3 is 2.30 bits per heavy atom. The Labute approximate surface area is 136 Å². The molecular formula is C19H22N2O2. The summed E-state index contributed by atoms with van der Waals surface area (Å²) in [5.74, 6) is 0.0699. The van der Waals surface area contributed by atoms with E-state index >= 15 is 0 Å². The van der Waals surface area contributed by atoms with E-state index in [9.17, 15) is 9.59 Å². The number of carbonyl (C=O) groups excluding carboxylic acids is 2. The van der Waals surface area contributed by atoms with Crippen LogP contribution in [0.25, 0.3) is 0 Å². The van der Waals surface area contributed by atoms with Crippen LogP contribution >= 0.6 is 0 Å². The minimum Gasteiger partial charge on any atom is -0.329 e. The van der Waals surface area contributed by atoms with Crippen molar-refractivity contribution in [2.45, 2.75) is 32.1 Å². The van der Waals surface area contributed by atoms with Gasteiger partial charge in [-0.2, -0.15) is 0 Å². The number of rotatable bonds is 9. The van der Waals surface area contributed by atoms with Gasteiger partial charge in [-0.15, -0.1) is 0 Å². The number of carbonyl (C=O) groups is 2. The van der Waals surface area contributed by atoms with Crippen molar-refractivity contribution in [3.05, 3.63) is 60.2 Å². The van der Waals surface area contributed by atoms with Crippen LogP contribution in [0.1, 0.15) is 31.2 Å². The summed E-state index contributed by atoms with van der Waals surface area (Å²) in [5.41, 5.74) is 2.90. The third kappa shape index (κ3) is 6.34. The van der Waals surface area contributed by atoms with Gasteiger partial charge in [0.25, 0.3) is 0 Å². The first kappa shape index (κ1) is 16.7. The molecule has 2 aromatic carbocycles. The molecular weight excluding hydrogens is 288 g/mol. The van der Waals surface area contributed by atoms with Crippen LogP contribution in [0.3, 0.4) is 0 Å². The second kappa shape index (κ2) is 9.41. The molecule has 2 N–H and O–H groups in total. The van der Waals surface area contributed by atoms with Gasteiger partial charge in [0.2, 0.25) is 12.3 Å². The Bertz CT molecular complexity index is 609. The van der Waals surface area contributed by atoms with Crippen LogP contribution in [-0.4, -0.2) is 12.3 Å². The minimum absolute atomic E-state index is 0.0699. The van der Waals surface area contributed by atoms with Gasteiger partial charge < -0.3 is 10.6 Å². The lowest BCUT2D eigenvalue weighted by Crippen LogP contribution is -2.10. The number of hydrogen-bond acceptors (Lipinski definition) is 2. The van der Waals surface area contributed by atoms with Crippen molar-refractivity contribution in [2.24, 2.45) is 0 Å². The summed E-state index contributed by atoms with van der Waals surface area (Å²) in [4.78, 5) is 22.1. The summed E-state index contributed by atoms with van der Waals surface area (Å²) in [6.07, 6.45) is 5.19. The summed E-state index contributed by atoms with van der Waals surface area (Å²) in [5, 5.41) is 5.51. The number of aryl methyl sites for hydroxylation is 1. The van der Waals surface area contributed by atoms with E-state index < -0.39 is 0 Å². The zero-order valence-electron chi connectivity index (χ0n) is 13.1. The van der Waals surface area contributed by atoms with E-state index in [1.54, 1.807) is 0 Å². The molecule has 4 nitrogen and oxygen atoms in total. The summed E-state index contributed by atoms with van der Waals surface area (Å²) in [6.45, 7) is 0. The molecule has 0 heterocycles. The van der Waals surface area contributed by atoms with Crippen LogP contribution in [0, 0.1) is 0 Å². The quantitative estimate of drug-likeness (QED) is 0.543. The van der Waals surface area contributed by atoms with Crippen molar-refractivity contribution >= 4 is 23.7 Å². The van der Waals surface area contributed by atoms with E-state index in [4.69, 9.17) is 0 Å². The van der Waals surface area contributed by atoms with Crippen LogP contribution in [-0.2, 0) is 16.0 Å². The van der Waals surface area contributed by atoms with Crippen LogP contribution < -0.4 is 10.6 Å². The Morgan fingerprint density at radius 1 is 0.870 bits per heavy atom. The second-order valence-corrected chi connectivity index (χ2v) is 5.43. The van der Waals surface area contributed by atoms with Crippen molar-refractivity contribution in [3.8, 4) is 0 Å². The summed E-state index contributed by atoms with van der Waals surface area (Å²) >= 11 is 0. The smallest absolute Gasteiger partial charge is 0.224 e. The molecule has 2 rings (SSSR count). The molecule has 0 aliphatic carbocycles. The normalized spacial score (nSPS) is 10.1.